The molecule has 2 aliphatic heterocycles. The minimum Gasteiger partial charge on any atom is -0.469 e. The standard InChI is InChI=1S/C19H32O5/c1-6-13-11-19(9-4,24-23-16(13)10-17(20)21-5)12-14(7-2)18-15(8-3)22-18/h12-13,15-16,18H,6-11H2,1-5H3/b14-12+/t13-,15-,16-,18+,19+/m0/s1. The highest BCUT2D eigenvalue weighted by Crippen LogP contribution is 2.41. The SMILES string of the molecule is CC/C(=C\[C@@]1(CC)C[C@H](CC)[C@H](CC(=O)OC)OO1)[C@H]1O[C@H]1CC. The van der Waals surface area contributed by atoms with Crippen LogP contribution < -0.4 is 0 Å². The predicted molar refractivity (Wildman–Crippen MR) is 91.3 cm³/mol. The molecule has 0 aliphatic carbocycles. The number of rotatable bonds is 8. The first kappa shape index (κ1) is 19.4. The zero-order valence-corrected chi connectivity index (χ0v) is 15.7. The van der Waals surface area contributed by atoms with Crippen LogP contribution >= 0.6 is 0 Å². The summed E-state index contributed by atoms with van der Waals surface area (Å²) < 4.78 is 10.5. The number of carbonyl (C=O) groups excluding carboxylic acids is 1. The Morgan fingerprint density at radius 2 is 1.96 bits per heavy atom. The van der Waals surface area contributed by atoms with Gasteiger partial charge in [-0.05, 0) is 43.3 Å². The molecule has 0 spiro atoms. The molecule has 0 saturated carbocycles. The lowest BCUT2D eigenvalue weighted by atomic mass is 9.80. The fourth-order valence-corrected chi connectivity index (χ4v) is 3.59. The minimum atomic E-state index is -0.428. The van der Waals surface area contributed by atoms with Gasteiger partial charge in [-0.2, -0.15) is 0 Å². The lowest BCUT2D eigenvalue weighted by Crippen LogP contribution is -2.44. The average molecular weight is 340 g/mol. The zero-order valence-electron chi connectivity index (χ0n) is 15.7. The van der Waals surface area contributed by atoms with E-state index in [-0.39, 0.29) is 30.5 Å². The second-order valence-corrected chi connectivity index (χ2v) is 6.87. The van der Waals surface area contributed by atoms with E-state index >= 15 is 0 Å². The Hall–Kier alpha value is -0.910. The van der Waals surface area contributed by atoms with E-state index in [0.29, 0.717) is 6.10 Å². The fraction of sp³-hybridized carbons (Fsp3) is 0.842. The largest absolute Gasteiger partial charge is 0.469 e. The van der Waals surface area contributed by atoms with Gasteiger partial charge < -0.3 is 9.47 Å². The molecule has 2 saturated heterocycles. The summed E-state index contributed by atoms with van der Waals surface area (Å²) in [7, 11) is 1.40. The van der Waals surface area contributed by atoms with E-state index in [1.54, 1.807) is 0 Å². The van der Waals surface area contributed by atoms with Crippen LogP contribution in [-0.2, 0) is 24.0 Å². The van der Waals surface area contributed by atoms with Crippen LogP contribution in [0.25, 0.3) is 0 Å². The van der Waals surface area contributed by atoms with Crippen molar-refractivity contribution < 1.29 is 24.0 Å². The molecule has 5 heteroatoms. The van der Waals surface area contributed by atoms with Gasteiger partial charge in [0, 0.05) is 0 Å². The first-order valence-corrected chi connectivity index (χ1v) is 9.30. The first-order valence-electron chi connectivity index (χ1n) is 9.30. The van der Waals surface area contributed by atoms with Gasteiger partial charge in [0.15, 0.2) is 0 Å². The molecule has 0 aromatic heterocycles. The van der Waals surface area contributed by atoms with Crippen LogP contribution in [0.5, 0.6) is 0 Å². The number of esters is 1. The Bertz CT molecular complexity index is 461. The van der Waals surface area contributed by atoms with Crippen LogP contribution in [0, 0.1) is 5.92 Å². The maximum absolute atomic E-state index is 11.6. The second kappa shape index (κ2) is 8.45. The lowest BCUT2D eigenvalue weighted by Gasteiger charge is -2.41. The van der Waals surface area contributed by atoms with Gasteiger partial charge in [0.2, 0.25) is 0 Å². The van der Waals surface area contributed by atoms with E-state index in [0.717, 1.165) is 32.1 Å². The Morgan fingerprint density at radius 1 is 1.21 bits per heavy atom. The van der Waals surface area contributed by atoms with Gasteiger partial charge in [0.25, 0.3) is 0 Å². The molecule has 138 valence electrons. The number of methoxy groups -OCH3 is 1. The number of hydrogen-bond donors (Lipinski definition) is 0. The Labute approximate surface area is 145 Å². The molecule has 5 nitrogen and oxygen atoms in total. The monoisotopic (exact) mass is 340 g/mol. The van der Waals surface area contributed by atoms with Gasteiger partial charge in [0.05, 0.1) is 19.6 Å². The molecule has 2 fully saturated rings. The van der Waals surface area contributed by atoms with Gasteiger partial charge in [0.1, 0.15) is 17.8 Å². The van der Waals surface area contributed by atoms with Gasteiger partial charge >= 0.3 is 5.97 Å². The summed E-state index contributed by atoms with van der Waals surface area (Å²) in [4.78, 5) is 23.1. The molecular weight excluding hydrogens is 308 g/mol. The Balaban J connectivity index is 2.11. The number of ether oxygens (including phenoxy) is 2. The van der Waals surface area contributed by atoms with E-state index in [1.165, 1.54) is 12.7 Å². The summed E-state index contributed by atoms with van der Waals surface area (Å²) in [5.74, 6) is 0.0160. The first-order chi connectivity index (χ1) is 11.5. The molecule has 0 amide bonds. The third kappa shape index (κ3) is 4.38. The van der Waals surface area contributed by atoms with Crippen LogP contribution in [0.3, 0.4) is 0 Å². The average Bonchev–Trinajstić information content (AvgIpc) is 3.40. The minimum absolute atomic E-state index is 0.235. The molecule has 5 atom stereocenters. The normalized spacial score (nSPS) is 36.5. The topological polar surface area (TPSA) is 57.3 Å². The molecule has 2 rings (SSSR count). The quantitative estimate of drug-likeness (QED) is 0.290. The van der Waals surface area contributed by atoms with Gasteiger partial charge in [-0.25, -0.2) is 9.78 Å². The van der Waals surface area contributed by atoms with Crippen molar-refractivity contribution in [1.82, 2.24) is 0 Å². The molecule has 2 aliphatic rings. The van der Waals surface area contributed by atoms with Crippen LogP contribution in [0.2, 0.25) is 0 Å². The summed E-state index contributed by atoms with van der Waals surface area (Å²) in [6, 6.07) is 0. The van der Waals surface area contributed by atoms with Crippen molar-refractivity contribution in [2.45, 2.75) is 90.1 Å². The third-order valence-electron chi connectivity index (χ3n) is 5.40. The molecule has 0 N–H and O–H groups in total. The van der Waals surface area contributed by atoms with Crippen molar-refractivity contribution in [2.75, 3.05) is 7.11 Å². The van der Waals surface area contributed by atoms with E-state index in [2.05, 4.69) is 33.8 Å². The van der Waals surface area contributed by atoms with Gasteiger partial charge in [-0.1, -0.05) is 34.1 Å². The van der Waals surface area contributed by atoms with Crippen molar-refractivity contribution in [3.8, 4) is 0 Å². The summed E-state index contributed by atoms with van der Waals surface area (Å²) >= 11 is 0. The zero-order chi connectivity index (χ0) is 17.7. The molecule has 0 aromatic carbocycles. The van der Waals surface area contributed by atoms with E-state index in [1.807, 2.05) is 0 Å². The van der Waals surface area contributed by atoms with Crippen molar-refractivity contribution in [2.24, 2.45) is 5.92 Å². The highest BCUT2D eigenvalue weighted by atomic mass is 17.2. The lowest BCUT2D eigenvalue weighted by molar-refractivity contribution is -0.409. The molecule has 0 bridgehead atoms. The number of epoxide rings is 1. The Morgan fingerprint density at radius 3 is 2.46 bits per heavy atom. The molecular formula is C19H32O5. The van der Waals surface area contributed by atoms with Gasteiger partial charge in [-0.15, -0.1) is 0 Å². The van der Waals surface area contributed by atoms with Crippen molar-refractivity contribution in [1.29, 1.82) is 0 Å². The molecule has 0 aromatic rings. The van der Waals surface area contributed by atoms with Crippen molar-refractivity contribution >= 4 is 5.97 Å². The van der Waals surface area contributed by atoms with Crippen LogP contribution in [-0.4, -0.2) is 37.0 Å². The highest BCUT2D eigenvalue weighted by molar-refractivity contribution is 5.69. The van der Waals surface area contributed by atoms with E-state index < -0.39 is 5.60 Å². The summed E-state index contributed by atoms with van der Waals surface area (Å²) in [6.45, 7) is 8.56. The van der Waals surface area contributed by atoms with E-state index in [9.17, 15) is 4.79 Å². The molecule has 2 heterocycles. The number of carbonyl (C=O) groups is 1. The van der Waals surface area contributed by atoms with Crippen LogP contribution in [0.1, 0.15) is 66.2 Å². The summed E-state index contributed by atoms with van der Waals surface area (Å²) in [5, 5.41) is 0. The maximum Gasteiger partial charge on any atom is 0.308 e. The summed E-state index contributed by atoms with van der Waals surface area (Å²) in [6.07, 6.45) is 7.44. The molecule has 0 radical (unpaired) electrons. The smallest absolute Gasteiger partial charge is 0.308 e. The second-order valence-electron chi connectivity index (χ2n) is 6.87. The van der Waals surface area contributed by atoms with Crippen molar-refractivity contribution in [3.63, 3.8) is 0 Å². The maximum atomic E-state index is 11.6. The predicted octanol–water partition coefficient (Wildman–Crippen LogP) is 3.96. The van der Waals surface area contributed by atoms with Crippen LogP contribution in [0.4, 0.5) is 0 Å². The fourth-order valence-electron chi connectivity index (χ4n) is 3.59. The van der Waals surface area contributed by atoms with Crippen molar-refractivity contribution in [3.05, 3.63) is 11.6 Å². The highest BCUT2D eigenvalue weighted by Gasteiger charge is 2.45. The summed E-state index contributed by atoms with van der Waals surface area (Å²) in [5.41, 5.74) is 0.872. The third-order valence-corrected chi connectivity index (χ3v) is 5.40. The van der Waals surface area contributed by atoms with E-state index in [4.69, 9.17) is 19.2 Å². The molecule has 0 unspecified atom stereocenters. The van der Waals surface area contributed by atoms with Crippen LogP contribution in [0.15, 0.2) is 11.6 Å². The number of hydrogen-bond acceptors (Lipinski definition) is 5. The Kier molecular flexibility index (Phi) is 6.84. The molecule has 24 heavy (non-hydrogen) atoms. The van der Waals surface area contributed by atoms with Gasteiger partial charge in [-0.3, -0.25) is 4.79 Å².